The van der Waals surface area contributed by atoms with Crippen LogP contribution in [0.1, 0.15) is 48.9 Å². The van der Waals surface area contributed by atoms with Gasteiger partial charge in [0.15, 0.2) is 6.23 Å². The summed E-state index contributed by atoms with van der Waals surface area (Å²) in [6.45, 7) is 0. The van der Waals surface area contributed by atoms with Crippen LogP contribution in [0.2, 0.25) is 0 Å². The van der Waals surface area contributed by atoms with Crippen LogP contribution in [-0.4, -0.2) is 83.0 Å². The van der Waals surface area contributed by atoms with Crippen molar-refractivity contribution in [3.8, 4) is 0 Å². The molecule has 5 atom stereocenters. The Bertz CT molecular complexity index is 1490. The quantitative estimate of drug-likeness (QED) is 0.456. The van der Waals surface area contributed by atoms with Gasteiger partial charge in [-0.05, 0) is 55.0 Å². The highest BCUT2D eigenvalue weighted by Gasteiger charge is 2.47. The fourth-order valence-electron chi connectivity index (χ4n) is 5.84. The zero-order valence-electron chi connectivity index (χ0n) is 22.0. The lowest BCUT2D eigenvalue weighted by Crippen LogP contribution is -2.62. The molecule has 0 spiro atoms. The van der Waals surface area contributed by atoms with Crippen LogP contribution >= 0.6 is 0 Å². The van der Waals surface area contributed by atoms with Gasteiger partial charge < -0.3 is 20.6 Å². The molecule has 2 aromatic rings. The fourth-order valence-corrected chi connectivity index (χ4v) is 6.82. The first-order valence-electron chi connectivity index (χ1n) is 13.3. The lowest BCUT2D eigenvalue weighted by Gasteiger charge is -2.43. The van der Waals surface area contributed by atoms with Gasteiger partial charge in [0.1, 0.15) is 12.1 Å². The summed E-state index contributed by atoms with van der Waals surface area (Å²) in [6, 6.07) is 9.76. The van der Waals surface area contributed by atoms with Crippen LogP contribution < -0.4 is 10.6 Å². The average molecular weight is 569 g/mol. The SMILES string of the molecule is CS(=O)(=O)N1C(=O)C[C@H](NC(=O)[C@@H]2CCC[C@@H]3CC=CC[C@H](NC(=O)c4ccc5ccccc5c4)C(=O)N32)C1O. The van der Waals surface area contributed by atoms with Crippen molar-refractivity contribution in [3.05, 3.63) is 60.2 Å². The van der Waals surface area contributed by atoms with Gasteiger partial charge in [-0.3, -0.25) is 19.2 Å². The van der Waals surface area contributed by atoms with E-state index < -0.39 is 52.1 Å². The highest BCUT2D eigenvalue weighted by molar-refractivity contribution is 7.88. The Morgan fingerprint density at radius 1 is 0.975 bits per heavy atom. The van der Waals surface area contributed by atoms with E-state index in [9.17, 15) is 32.7 Å². The number of benzene rings is 2. The van der Waals surface area contributed by atoms with Crippen LogP contribution in [0.15, 0.2) is 54.6 Å². The second kappa shape index (κ2) is 11.0. The molecule has 2 fully saturated rings. The van der Waals surface area contributed by atoms with E-state index in [1.807, 2.05) is 42.5 Å². The van der Waals surface area contributed by atoms with Crippen LogP contribution in [-0.2, 0) is 24.4 Å². The van der Waals surface area contributed by atoms with E-state index in [0.717, 1.165) is 17.0 Å². The summed E-state index contributed by atoms with van der Waals surface area (Å²) in [5.41, 5.74) is 0.414. The minimum Gasteiger partial charge on any atom is -0.370 e. The Hall–Kier alpha value is -3.77. The van der Waals surface area contributed by atoms with E-state index in [1.54, 1.807) is 12.1 Å². The molecule has 3 N–H and O–H groups in total. The third-order valence-corrected chi connectivity index (χ3v) is 8.92. The molecule has 0 radical (unpaired) electrons. The minimum atomic E-state index is -4.02. The van der Waals surface area contributed by atoms with Gasteiger partial charge >= 0.3 is 0 Å². The number of rotatable bonds is 5. The van der Waals surface area contributed by atoms with Crippen molar-refractivity contribution >= 4 is 44.4 Å². The fraction of sp³-hybridized carbons (Fsp3) is 0.429. The van der Waals surface area contributed by atoms with Crippen molar-refractivity contribution in [2.45, 2.75) is 68.9 Å². The normalized spacial score (nSPS) is 27.2. The molecule has 0 aliphatic carbocycles. The molecule has 40 heavy (non-hydrogen) atoms. The molecule has 0 aromatic heterocycles. The first-order chi connectivity index (χ1) is 19.0. The summed E-state index contributed by atoms with van der Waals surface area (Å²) in [4.78, 5) is 54.2. The molecule has 3 aliphatic rings. The number of nitrogens with one attached hydrogen (secondary N) is 2. The highest BCUT2D eigenvalue weighted by Crippen LogP contribution is 2.29. The molecule has 11 nitrogen and oxygen atoms in total. The zero-order valence-corrected chi connectivity index (χ0v) is 22.8. The van der Waals surface area contributed by atoms with Crippen LogP contribution in [0.3, 0.4) is 0 Å². The molecular formula is C28H32N4O7S. The molecule has 0 saturated carbocycles. The number of carbonyl (C=O) groups excluding carboxylic acids is 4. The number of amides is 4. The van der Waals surface area contributed by atoms with Crippen molar-refractivity contribution in [1.29, 1.82) is 0 Å². The standard InChI is InChI=1S/C28H32N4O7S/c1-40(38,39)32-24(33)16-22(28(32)37)30-26(35)23-12-6-10-20-9-4-5-11-21(27(36)31(20)23)29-25(34)19-14-13-17-7-2-3-8-18(17)15-19/h2-5,7-8,13-15,20-23,28,37H,6,9-12,16H2,1H3,(H,29,34)(H,30,35)/t20-,21-,22-,23-,28?/m0/s1. The number of sulfonamides is 1. The summed E-state index contributed by atoms with van der Waals surface area (Å²) in [5.74, 6) is -2.18. The number of hydrogen-bond donors (Lipinski definition) is 3. The van der Waals surface area contributed by atoms with E-state index >= 15 is 0 Å². The monoisotopic (exact) mass is 568 g/mol. The second-order valence-corrected chi connectivity index (χ2v) is 12.4. The number of fused-ring (bicyclic) bond motifs is 2. The van der Waals surface area contributed by atoms with Crippen molar-refractivity contribution in [2.24, 2.45) is 0 Å². The molecule has 5 rings (SSSR count). The molecule has 212 valence electrons. The number of nitrogens with zero attached hydrogens (tertiary/aromatic N) is 2. The van der Waals surface area contributed by atoms with Crippen LogP contribution in [0.25, 0.3) is 10.8 Å². The van der Waals surface area contributed by atoms with Gasteiger partial charge in [0.2, 0.25) is 27.7 Å². The molecule has 3 aliphatic heterocycles. The molecule has 1 unspecified atom stereocenters. The van der Waals surface area contributed by atoms with Gasteiger partial charge in [-0.1, -0.05) is 42.5 Å². The van der Waals surface area contributed by atoms with Gasteiger partial charge in [-0.2, -0.15) is 0 Å². The maximum Gasteiger partial charge on any atom is 0.251 e. The van der Waals surface area contributed by atoms with Gasteiger partial charge in [0.25, 0.3) is 5.91 Å². The van der Waals surface area contributed by atoms with Gasteiger partial charge in [-0.25, -0.2) is 12.7 Å². The maximum absolute atomic E-state index is 13.9. The second-order valence-electron chi connectivity index (χ2n) is 10.6. The number of carbonyl (C=O) groups is 4. The van der Waals surface area contributed by atoms with E-state index in [0.29, 0.717) is 35.6 Å². The molecule has 12 heteroatoms. The van der Waals surface area contributed by atoms with Gasteiger partial charge in [-0.15, -0.1) is 0 Å². The lowest BCUT2D eigenvalue weighted by molar-refractivity contribution is -0.148. The maximum atomic E-state index is 13.9. The summed E-state index contributed by atoms with van der Waals surface area (Å²) < 4.78 is 24.2. The molecule has 0 bridgehead atoms. The predicted molar refractivity (Wildman–Crippen MR) is 146 cm³/mol. The van der Waals surface area contributed by atoms with Crippen LogP contribution in [0, 0.1) is 0 Å². The third kappa shape index (κ3) is 5.46. The number of aliphatic hydroxyl groups is 1. The van der Waals surface area contributed by atoms with Gasteiger partial charge in [0, 0.05) is 11.6 Å². The third-order valence-electron chi connectivity index (χ3n) is 7.79. The largest absolute Gasteiger partial charge is 0.370 e. The zero-order chi connectivity index (χ0) is 28.6. The first kappa shape index (κ1) is 27.8. The smallest absolute Gasteiger partial charge is 0.251 e. The molecule has 2 aromatic carbocycles. The Labute approximate surface area is 232 Å². The van der Waals surface area contributed by atoms with Crippen molar-refractivity contribution < 1.29 is 32.7 Å². The lowest BCUT2D eigenvalue weighted by atomic mass is 9.90. The Balaban J connectivity index is 1.34. The topological polar surface area (TPSA) is 153 Å². The Morgan fingerprint density at radius 3 is 2.42 bits per heavy atom. The Kier molecular flexibility index (Phi) is 7.65. The van der Waals surface area contributed by atoms with Crippen molar-refractivity contribution in [2.75, 3.05) is 6.26 Å². The summed E-state index contributed by atoms with van der Waals surface area (Å²) in [6.07, 6.45) is 5.03. The average Bonchev–Trinajstić information content (AvgIpc) is 3.20. The van der Waals surface area contributed by atoms with Crippen LogP contribution in [0.4, 0.5) is 0 Å². The molecule has 4 amide bonds. The molecule has 2 saturated heterocycles. The number of piperidine rings is 1. The summed E-state index contributed by atoms with van der Waals surface area (Å²) >= 11 is 0. The van der Waals surface area contributed by atoms with Crippen molar-refractivity contribution in [3.63, 3.8) is 0 Å². The number of aliphatic hydroxyl groups excluding tert-OH is 1. The van der Waals surface area contributed by atoms with E-state index in [1.165, 1.54) is 4.90 Å². The van der Waals surface area contributed by atoms with Crippen LogP contribution in [0.5, 0.6) is 0 Å². The molecular weight excluding hydrogens is 536 g/mol. The highest BCUT2D eigenvalue weighted by atomic mass is 32.2. The Morgan fingerprint density at radius 2 is 1.70 bits per heavy atom. The van der Waals surface area contributed by atoms with Gasteiger partial charge in [0.05, 0.1) is 18.7 Å². The minimum absolute atomic E-state index is 0.259. The van der Waals surface area contributed by atoms with Crippen molar-refractivity contribution in [1.82, 2.24) is 19.8 Å². The van der Waals surface area contributed by atoms with E-state index in [4.69, 9.17) is 0 Å². The molecule has 3 heterocycles. The first-order valence-corrected chi connectivity index (χ1v) is 15.2. The summed E-state index contributed by atoms with van der Waals surface area (Å²) in [7, 11) is -4.02. The predicted octanol–water partition coefficient (Wildman–Crippen LogP) is 1.03. The van der Waals surface area contributed by atoms with E-state index in [2.05, 4.69) is 10.6 Å². The summed E-state index contributed by atoms with van der Waals surface area (Å²) in [5, 5.41) is 17.8. The number of hydrogen-bond acceptors (Lipinski definition) is 7. The van der Waals surface area contributed by atoms with E-state index in [-0.39, 0.29) is 24.8 Å².